The standard InChI is InChI=1S/C23H28ClN3O3/c1-16(2)14-25-12-10-23(11-13-25)15-26(18-6-4-5-7-19(18)27(28)29)22-20(30-3)9-8-17(24)21(22)23/h4-9,16H,10-15H2,1-3H3. The van der Waals surface area contributed by atoms with Gasteiger partial charge in [-0.25, -0.2) is 0 Å². The smallest absolute Gasteiger partial charge is 0.292 e. The van der Waals surface area contributed by atoms with Gasteiger partial charge in [0, 0.05) is 35.2 Å². The highest BCUT2D eigenvalue weighted by molar-refractivity contribution is 6.32. The highest BCUT2D eigenvalue weighted by Crippen LogP contribution is 2.56. The summed E-state index contributed by atoms with van der Waals surface area (Å²) < 4.78 is 5.69. The Bertz CT molecular complexity index is 955. The molecule has 0 radical (unpaired) electrons. The van der Waals surface area contributed by atoms with Crippen LogP contribution in [0.15, 0.2) is 36.4 Å². The second-order valence-electron chi connectivity index (χ2n) is 8.78. The van der Waals surface area contributed by atoms with Crippen LogP contribution in [0.4, 0.5) is 17.1 Å². The molecule has 160 valence electrons. The maximum Gasteiger partial charge on any atom is 0.292 e. The number of anilines is 2. The number of nitro benzene ring substituents is 1. The zero-order valence-electron chi connectivity index (χ0n) is 17.7. The number of methoxy groups -OCH3 is 1. The Balaban J connectivity index is 1.81. The highest BCUT2D eigenvalue weighted by Gasteiger charge is 2.48. The number of likely N-dealkylation sites (tertiary alicyclic amines) is 1. The Labute approximate surface area is 182 Å². The molecule has 30 heavy (non-hydrogen) atoms. The van der Waals surface area contributed by atoms with Crippen LogP contribution in [-0.4, -0.2) is 43.1 Å². The summed E-state index contributed by atoms with van der Waals surface area (Å²) in [7, 11) is 1.64. The van der Waals surface area contributed by atoms with Gasteiger partial charge in [-0.15, -0.1) is 0 Å². The average molecular weight is 430 g/mol. The predicted molar refractivity (Wildman–Crippen MR) is 120 cm³/mol. The van der Waals surface area contributed by atoms with Crippen molar-refractivity contribution in [2.24, 2.45) is 5.92 Å². The first-order valence-electron chi connectivity index (χ1n) is 10.5. The van der Waals surface area contributed by atoms with Crippen molar-refractivity contribution in [3.63, 3.8) is 0 Å². The first kappa shape index (κ1) is 20.9. The summed E-state index contributed by atoms with van der Waals surface area (Å²) >= 11 is 6.77. The van der Waals surface area contributed by atoms with Crippen molar-refractivity contribution in [2.75, 3.05) is 38.2 Å². The Kier molecular flexibility index (Phi) is 5.64. The number of halogens is 1. The zero-order chi connectivity index (χ0) is 21.5. The fourth-order valence-corrected chi connectivity index (χ4v) is 5.44. The molecule has 1 fully saturated rings. The van der Waals surface area contributed by atoms with Gasteiger partial charge in [0.15, 0.2) is 0 Å². The zero-order valence-corrected chi connectivity index (χ0v) is 18.5. The van der Waals surface area contributed by atoms with E-state index >= 15 is 0 Å². The molecule has 2 aliphatic rings. The van der Waals surface area contributed by atoms with Gasteiger partial charge in [0.25, 0.3) is 5.69 Å². The van der Waals surface area contributed by atoms with Crippen LogP contribution in [0.3, 0.4) is 0 Å². The number of fused-ring (bicyclic) bond motifs is 2. The minimum atomic E-state index is -0.317. The monoisotopic (exact) mass is 429 g/mol. The second kappa shape index (κ2) is 8.08. The van der Waals surface area contributed by atoms with Crippen LogP contribution in [0.5, 0.6) is 5.75 Å². The second-order valence-corrected chi connectivity index (χ2v) is 9.19. The molecule has 0 bridgehead atoms. The minimum absolute atomic E-state index is 0.0970. The lowest BCUT2D eigenvalue weighted by Crippen LogP contribution is -2.45. The topological polar surface area (TPSA) is 58.9 Å². The first-order chi connectivity index (χ1) is 14.4. The molecule has 2 heterocycles. The largest absolute Gasteiger partial charge is 0.495 e. The van der Waals surface area contributed by atoms with Gasteiger partial charge < -0.3 is 14.5 Å². The molecule has 2 aromatic carbocycles. The summed E-state index contributed by atoms with van der Waals surface area (Å²) in [6.45, 7) is 8.23. The molecule has 0 unspecified atom stereocenters. The molecule has 0 aliphatic carbocycles. The van der Waals surface area contributed by atoms with Crippen LogP contribution in [-0.2, 0) is 5.41 Å². The Morgan fingerprint density at radius 3 is 2.53 bits per heavy atom. The fourth-order valence-electron chi connectivity index (χ4n) is 5.09. The van der Waals surface area contributed by atoms with Gasteiger partial charge in [0.05, 0.1) is 17.7 Å². The Morgan fingerprint density at radius 1 is 1.20 bits per heavy atom. The van der Waals surface area contributed by atoms with Crippen LogP contribution in [0.2, 0.25) is 5.02 Å². The normalized spacial score (nSPS) is 18.1. The van der Waals surface area contributed by atoms with Gasteiger partial charge >= 0.3 is 0 Å². The molecule has 0 amide bonds. The van der Waals surface area contributed by atoms with E-state index in [1.165, 1.54) is 0 Å². The van der Waals surface area contributed by atoms with Gasteiger partial charge in [-0.05, 0) is 50.0 Å². The first-order valence-corrected chi connectivity index (χ1v) is 10.8. The van der Waals surface area contributed by atoms with E-state index in [1.54, 1.807) is 19.2 Å². The number of nitrogens with zero attached hydrogens (tertiary/aromatic N) is 3. The highest BCUT2D eigenvalue weighted by atomic mass is 35.5. The third-order valence-electron chi connectivity index (χ3n) is 6.38. The van der Waals surface area contributed by atoms with Crippen molar-refractivity contribution >= 4 is 28.7 Å². The quantitative estimate of drug-likeness (QED) is 0.470. The molecule has 2 aromatic rings. The maximum absolute atomic E-state index is 11.7. The van der Waals surface area contributed by atoms with Crippen molar-refractivity contribution in [3.8, 4) is 5.75 Å². The van der Waals surface area contributed by atoms with E-state index in [-0.39, 0.29) is 16.0 Å². The van der Waals surface area contributed by atoms with E-state index in [2.05, 4.69) is 23.6 Å². The van der Waals surface area contributed by atoms with Gasteiger partial charge in [0.1, 0.15) is 11.4 Å². The predicted octanol–water partition coefficient (Wildman–Crippen LogP) is 5.40. The Hall–Kier alpha value is -2.31. The molecule has 2 aliphatic heterocycles. The lowest BCUT2D eigenvalue weighted by atomic mass is 9.74. The summed E-state index contributed by atoms with van der Waals surface area (Å²) in [6, 6.07) is 10.7. The van der Waals surface area contributed by atoms with Gasteiger partial charge in [0.2, 0.25) is 0 Å². The number of piperidine rings is 1. The lowest BCUT2D eigenvalue weighted by Gasteiger charge is -2.40. The summed E-state index contributed by atoms with van der Waals surface area (Å²) in [5, 5.41) is 12.5. The number of benzene rings is 2. The number of hydrogen-bond acceptors (Lipinski definition) is 5. The van der Waals surface area contributed by atoms with E-state index in [0.717, 1.165) is 43.7 Å². The van der Waals surface area contributed by atoms with E-state index < -0.39 is 0 Å². The van der Waals surface area contributed by atoms with Crippen LogP contribution in [0.25, 0.3) is 0 Å². The van der Waals surface area contributed by atoms with Gasteiger partial charge in [-0.3, -0.25) is 10.1 Å². The average Bonchev–Trinajstić information content (AvgIpc) is 3.05. The molecule has 1 saturated heterocycles. The molecule has 0 aromatic heterocycles. The van der Waals surface area contributed by atoms with Crippen LogP contribution in [0, 0.1) is 16.0 Å². The lowest BCUT2D eigenvalue weighted by molar-refractivity contribution is -0.384. The maximum atomic E-state index is 11.7. The van der Waals surface area contributed by atoms with Gasteiger partial charge in [-0.1, -0.05) is 37.6 Å². The number of hydrogen-bond donors (Lipinski definition) is 0. The summed E-state index contributed by atoms with van der Waals surface area (Å²) in [6.07, 6.45) is 1.94. The number of ether oxygens (including phenoxy) is 1. The summed E-state index contributed by atoms with van der Waals surface area (Å²) in [5.41, 5.74) is 2.49. The van der Waals surface area contributed by atoms with E-state index in [0.29, 0.717) is 28.9 Å². The third kappa shape index (κ3) is 3.52. The van der Waals surface area contributed by atoms with Gasteiger partial charge in [-0.2, -0.15) is 0 Å². The number of nitro groups is 1. The Morgan fingerprint density at radius 2 is 1.90 bits per heavy atom. The minimum Gasteiger partial charge on any atom is -0.495 e. The molecule has 0 atom stereocenters. The molecular formula is C23H28ClN3O3. The third-order valence-corrected chi connectivity index (χ3v) is 6.69. The number of para-hydroxylation sites is 2. The molecule has 6 nitrogen and oxygen atoms in total. The summed E-state index contributed by atoms with van der Waals surface area (Å²) in [5.74, 6) is 1.33. The molecule has 0 saturated carbocycles. The SMILES string of the molecule is COc1ccc(Cl)c2c1N(c1ccccc1[N+](=O)[O-])CC21CCN(CC(C)C)CC1. The molecule has 7 heteroatoms. The molecule has 1 spiro atoms. The van der Waals surface area contributed by atoms with Crippen molar-refractivity contribution in [3.05, 3.63) is 57.1 Å². The van der Waals surface area contributed by atoms with Crippen molar-refractivity contribution in [1.29, 1.82) is 0 Å². The van der Waals surface area contributed by atoms with Crippen molar-refractivity contribution < 1.29 is 9.66 Å². The fraction of sp³-hybridized carbons (Fsp3) is 0.478. The van der Waals surface area contributed by atoms with E-state index in [1.807, 2.05) is 24.3 Å². The molecule has 0 N–H and O–H groups in total. The van der Waals surface area contributed by atoms with Crippen LogP contribution >= 0.6 is 11.6 Å². The van der Waals surface area contributed by atoms with E-state index in [9.17, 15) is 10.1 Å². The van der Waals surface area contributed by atoms with E-state index in [4.69, 9.17) is 16.3 Å². The van der Waals surface area contributed by atoms with Crippen LogP contribution in [0.1, 0.15) is 32.3 Å². The van der Waals surface area contributed by atoms with Crippen molar-refractivity contribution in [1.82, 2.24) is 4.90 Å². The van der Waals surface area contributed by atoms with Crippen LogP contribution < -0.4 is 9.64 Å². The number of rotatable bonds is 5. The summed E-state index contributed by atoms with van der Waals surface area (Å²) in [4.78, 5) is 16.0. The molecule has 4 rings (SSSR count). The molecular weight excluding hydrogens is 402 g/mol. The van der Waals surface area contributed by atoms with Crippen molar-refractivity contribution in [2.45, 2.75) is 32.1 Å².